The normalized spacial score (nSPS) is 12.6. The Morgan fingerprint density at radius 3 is 2.29 bits per heavy atom. The van der Waals surface area contributed by atoms with Crippen LogP contribution in [0.4, 0.5) is 11.6 Å². The van der Waals surface area contributed by atoms with Crippen LogP contribution in [0.15, 0.2) is 40.8 Å². The maximum atomic E-state index is 11.9. The molecule has 11 nitrogen and oxygen atoms in total. The molecule has 1 unspecified atom stereocenters. The van der Waals surface area contributed by atoms with E-state index in [1.165, 1.54) is 48.1 Å². The standard InChI is InChI=1S/C19H20N6O.C8H15NO3.C4H10/c1-11(12-3-2-4-12)13-5-7-14(8-6-13)21-9-15-10-22-17-16(23-15)18(26)25-19(20)24-17;1-6(8(11)12)4-5-7(10)9(2)3;1-3-4-2/h5-8,10,21H,2-4,9H2,1H3,(H3,20,22,24,25,26);6H,4-5H2,1-3H3,(H,11,12);3-4H2,1-2H3. The van der Waals surface area contributed by atoms with Crippen molar-refractivity contribution in [1.82, 2.24) is 24.8 Å². The molecule has 1 saturated carbocycles. The molecule has 11 heteroatoms. The molecule has 0 spiro atoms. The molecule has 0 saturated heterocycles. The maximum absolute atomic E-state index is 11.9. The number of fused-ring (bicyclic) bond motifs is 1. The number of rotatable bonds is 9. The minimum atomic E-state index is -0.846. The topological polar surface area (TPSA) is 167 Å². The number of amides is 1. The number of benzene rings is 1. The predicted octanol–water partition coefficient (Wildman–Crippen LogP) is 5.25. The highest BCUT2D eigenvalue weighted by atomic mass is 16.4. The zero-order valence-electron chi connectivity index (χ0n) is 25.7. The van der Waals surface area contributed by atoms with Gasteiger partial charge in [-0.1, -0.05) is 51.3 Å². The number of anilines is 2. The molecule has 228 valence electrons. The number of hydrogen-bond donors (Lipinski definition) is 4. The maximum Gasteiger partial charge on any atom is 0.306 e. The van der Waals surface area contributed by atoms with Gasteiger partial charge in [0.15, 0.2) is 11.2 Å². The third-order valence-corrected chi connectivity index (χ3v) is 6.98. The number of aromatic amines is 1. The highest BCUT2D eigenvalue weighted by molar-refractivity contribution is 5.77. The third-order valence-electron chi connectivity index (χ3n) is 6.98. The number of H-pyrrole nitrogens is 1. The summed E-state index contributed by atoms with van der Waals surface area (Å²) in [5.74, 6) is -1.27. The molecule has 1 aliphatic rings. The van der Waals surface area contributed by atoms with Crippen molar-refractivity contribution >= 4 is 40.2 Å². The van der Waals surface area contributed by atoms with Crippen molar-refractivity contribution < 1.29 is 14.7 Å². The Kier molecular flexibility index (Phi) is 13.6. The van der Waals surface area contributed by atoms with Gasteiger partial charge in [-0.2, -0.15) is 4.98 Å². The molecule has 5 N–H and O–H groups in total. The van der Waals surface area contributed by atoms with Crippen LogP contribution in [0.25, 0.3) is 16.7 Å². The van der Waals surface area contributed by atoms with Crippen molar-refractivity contribution in [3.8, 4) is 0 Å². The Balaban J connectivity index is 0.000000324. The van der Waals surface area contributed by atoms with Crippen LogP contribution < -0.4 is 16.6 Å². The molecular weight excluding hydrogens is 534 g/mol. The molecule has 1 aliphatic carbocycles. The molecule has 3 aromatic rings. The van der Waals surface area contributed by atoms with Gasteiger partial charge in [0, 0.05) is 26.2 Å². The molecule has 1 amide bonds. The largest absolute Gasteiger partial charge is 0.481 e. The molecule has 0 aliphatic heterocycles. The fourth-order valence-electron chi connectivity index (χ4n) is 3.71. The number of nitrogens with one attached hydrogen (secondary N) is 2. The molecule has 0 radical (unpaired) electrons. The van der Waals surface area contributed by atoms with Crippen LogP contribution in [0, 0.1) is 5.92 Å². The number of carboxylic acids is 1. The summed E-state index contributed by atoms with van der Waals surface area (Å²) in [6, 6.07) is 8.38. The Bertz CT molecular complexity index is 1410. The summed E-state index contributed by atoms with van der Waals surface area (Å²) in [6.45, 7) is 8.62. The van der Waals surface area contributed by atoms with Gasteiger partial charge in [-0.25, -0.2) is 9.97 Å². The second kappa shape index (κ2) is 16.9. The summed E-state index contributed by atoms with van der Waals surface area (Å²) in [6.07, 6.45) is 8.72. The second-order valence-corrected chi connectivity index (χ2v) is 10.6. The van der Waals surface area contributed by atoms with Gasteiger partial charge >= 0.3 is 5.97 Å². The molecule has 0 bridgehead atoms. The smallest absolute Gasteiger partial charge is 0.306 e. The number of allylic oxidation sites excluding steroid dienone is 2. The highest BCUT2D eigenvalue weighted by Crippen LogP contribution is 2.33. The number of carboxylic acid groups (broad SMARTS) is 1. The molecule has 4 rings (SSSR count). The van der Waals surface area contributed by atoms with E-state index in [-0.39, 0.29) is 28.6 Å². The minimum Gasteiger partial charge on any atom is -0.481 e. The van der Waals surface area contributed by atoms with Crippen LogP contribution in [0.2, 0.25) is 0 Å². The average molecular weight is 580 g/mol. The van der Waals surface area contributed by atoms with Crippen LogP contribution in [0.1, 0.15) is 83.9 Å². The molecular formula is C31H45N7O4. The molecule has 1 atom stereocenters. The minimum absolute atomic E-state index is 0.0249. The Hall–Kier alpha value is -4.28. The van der Waals surface area contributed by atoms with E-state index in [1.807, 2.05) is 0 Å². The molecule has 2 aromatic heterocycles. The summed E-state index contributed by atoms with van der Waals surface area (Å²) in [5.41, 5.74) is 11.5. The van der Waals surface area contributed by atoms with Gasteiger partial charge in [-0.15, -0.1) is 0 Å². The summed E-state index contributed by atoms with van der Waals surface area (Å²) in [4.78, 5) is 49.6. The van der Waals surface area contributed by atoms with E-state index < -0.39 is 11.9 Å². The van der Waals surface area contributed by atoms with E-state index in [2.05, 4.69) is 70.3 Å². The SMILES string of the molecule is CC(=C1CCC1)c1ccc(NCc2cnc3nc(N)[nH]c(=O)c3n2)cc1.CC(CCC(=O)N(C)C)C(=O)O.CCCC. The fraction of sp³-hybridized carbons (Fsp3) is 0.484. The molecule has 1 aromatic carbocycles. The third kappa shape index (κ3) is 10.6. The van der Waals surface area contributed by atoms with Crippen LogP contribution in [0.5, 0.6) is 0 Å². The summed E-state index contributed by atoms with van der Waals surface area (Å²) in [7, 11) is 3.32. The number of nitrogens with zero attached hydrogens (tertiary/aromatic N) is 4. The first-order valence-electron chi connectivity index (χ1n) is 14.4. The lowest BCUT2D eigenvalue weighted by Crippen LogP contribution is -2.22. The van der Waals surface area contributed by atoms with Crippen LogP contribution in [0.3, 0.4) is 0 Å². The van der Waals surface area contributed by atoms with Crippen molar-refractivity contribution in [2.24, 2.45) is 5.92 Å². The summed E-state index contributed by atoms with van der Waals surface area (Å²) < 4.78 is 0. The average Bonchev–Trinajstić information content (AvgIpc) is 2.94. The number of nitrogen functional groups attached to an aromatic ring is 1. The predicted molar refractivity (Wildman–Crippen MR) is 168 cm³/mol. The lowest BCUT2D eigenvalue weighted by molar-refractivity contribution is -0.141. The van der Waals surface area contributed by atoms with Crippen LogP contribution >= 0.6 is 0 Å². The van der Waals surface area contributed by atoms with E-state index in [1.54, 1.807) is 32.8 Å². The van der Waals surface area contributed by atoms with Crippen molar-refractivity contribution in [3.63, 3.8) is 0 Å². The van der Waals surface area contributed by atoms with Gasteiger partial charge in [0.2, 0.25) is 11.9 Å². The Morgan fingerprint density at radius 1 is 1.12 bits per heavy atom. The van der Waals surface area contributed by atoms with Crippen molar-refractivity contribution in [2.75, 3.05) is 25.1 Å². The number of unbranched alkanes of at least 4 members (excludes halogenated alkanes) is 1. The van der Waals surface area contributed by atoms with E-state index in [0.717, 1.165) is 5.69 Å². The van der Waals surface area contributed by atoms with Gasteiger partial charge in [0.05, 0.1) is 24.4 Å². The highest BCUT2D eigenvalue weighted by Gasteiger charge is 2.14. The lowest BCUT2D eigenvalue weighted by Gasteiger charge is -2.20. The second-order valence-electron chi connectivity index (χ2n) is 10.6. The van der Waals surface area contributed by atoms with Crippen molar-refractivity contribution in [2.45, 2.75) is 79.2 Å². The zero-order valence-corrected chi connectivity index (χ0v) is 25.7. The first-order chi connectivity index (χ1) is 20.0. The summed E-state index contributed by atoms with van der Waals surface area (Å²) in [5, 5.41) is 11.8. The molecule has 1 fully saturated rings. The number of hydrogen-bond acceptors (Lipinski definition) is 8. The first-order valence-corrected chi connectivity index (χ1v) is 14.4. The first kappa shape index (κ1) is 33.9. The lowest BCUT2D eigenvalue weighted by atomic mass is 9.86. The number of aromatic nitrogens is 4. The molecule has 42 heavy (non-hydrogen) atoms. The van der Waals surface area contributed by atoms with Crippen LogP contribution in [-0.2, 0) is 16.1 Å². The van der Waals surface area contributed by atoms with E-state index in [9.17, 15) is 14.4 Å². The van der Waals surface area contributed by atoms with Gasteiger partial charge in [0.1, 0.15) is 0 Å². The monoisotopic (exact) mass is 579 g/mol. The fourth-order valence-corrected chi connectivity index (χ4v) is 3.71. The van der Waals surface area contributed by atoms with Crippen molar-refractivity contribution in [1.29, 1.82) is 0 Å². The van der Waals surface area contributed by atoms with Gasteiger partial charge in [-0.3, -0.25) is 19.4 Å². The van der Waals surface area contributed by atoms with E-state index in [4.69, 9.17) is 10.8 Å². The number of aliphatic carboxylic acids is 1. The van der Waals surface area contributed by atoms with E-state index >= 15 is 0 Å². The summed E-state index contributed by atoms with van der Waals surface area (Å²) >= 11 is 0. The quantitative estimate of drug-likeness (QED) is 0.265. The van der Waals surface area contributed by atoms with Crippen LogP contribution in [-0.4, -0.2) is 55.9 Å². The van der Waals surface area contributed by atoms with E-state index in [0.29, 0.717) is 25.1 Å². The van der Waals surface area contributed by atoms with Gasteiger partial charge in [0.25, 0.3) is 5.56 Å². The molecule has 2 heterocycles. The zero-order chi connectivity index (χ0) is 31.2. The Labute approximate surface area is 247 Å². The van der Waals surface area contributed by atoms with Gasteiger partial charge < -0.3 is 21.1 Å². The Morgan fingerprint density at radius 2 is 1.76 bits per heavy atom. The number of carbonyl (C=O) groups is 2. The number of nitrogens with two attached hydrogens (primary N) is 1. The van der Waals surface area contributed by atoms with Crippen molar-refractivity contribution in [3.05, 3.63) is 57.6 Å². The number of carbonyl (C=O) groups excluding carboxylic acids is 1. The van der Waals surface area contributed by atoms with Gasteiger partial charge in [-0.05, 0) is 55.9 Å².